The van der Waals surface area contributed by atoms with Gasteiger partial charge in [-0.15, -0.1) is 0 Å². The molecule has 4 heteroatoms. The minimum atomic E-state index is -3.36. The number of hydrogen-bond acceptors (Lipinski definition) is 2. The Morgan fingerprint density at radius 2 is 1.71 bits per heavy atom. The molecule has 0 unspecified atom stereocenters. The van der Waals surface area contributed by atoms with Gasteiger partial charge in [-0.1, -0.05) is 32.3 Å². The third-order valence-corrected chi connectivity index (χ3v) is 7.48. The lowest BCUT2D eigenvalue weighted by Crippen LogP contribution is -2.36. The van der Waals surface area contributed by atoms with E-state index in [-0.39, 0.29) is 0 Å². The molecule has 0 aromatic heterocycles. The summed E-state index contributed by atoms with van der Waals surface area (Å²) in [4.78, 5) is 0.507. The van der Waals surface area contributed by atoms with Crippen LogP contribution in [-0.2, 0) is 22.9 Å². The lowest BCUT2D eigenvalue weighted by Gasteiger charge is -2.29. The highest BCUT2D eigenvalue weighted by Gasteiger charge is 2.28. The molecule has 0 amide bonds. The number of sulfonamides is 1. The molecule has 1 aromatic rings. The molecule has 0 spiro atoms. The molecule has 24 heavy (non-hydrogen) atoms. The zero-order chi connectivity index (χ0) is 17.0. The lowest BCUT2D eigenvalue weighted by atomic mass is 9.89. The predicted octanol–water partition coefficient (Wildman–Crippen LogP) is 4.55. The molecule has 0 heterocycles. The van der Waals surface area contributed by atoms with Crippen molar-refractivity contribution in [3.63, 3.8) is 0 Å². The van der Waals surface area contributed by atoms with E-state index < -0.39 is 10.0 Å². The van der Waals surface area contributed by atoms with E-state index in [0.29, 0.717) is 23.9 Å². The summed E-state index contributed by atoms with van der Waals surface area (Å²) in [5.74, 6) is 0.540. The molecule has 0 saturated heterocycles. The number of fused-ring (bicyclic) bond motifs is 1. The van der Waals surface area contributed by atoms with Crippen molar-refractivity contribution in [1.29, 1.82) is 0 Å². The van der Waals surface area contributed by atoms with Crippen molar-refractivity contribution in [2.45, 2.75) is 76.0 Å². The zero-order valence-corrected chi connectivity index (χ0v) is 15.8. The highest BCUT2D eigenvalue weighted by Crippen LogP contribution is 2.29. The summed E-state index contributed by atoms with van der Waals surface area (Å²) in [5, 5.41) is 0. The van der Waals surface area contributed by atoms with Crippen molar-refractivity contribution in [2.75, 3.05) is 13.1 Å². The van der Waals surface area contributed by atoms with Crippen molar-refractivity contribution < 1.29 is 8.42 Å². The molecule has 3 nitrogen and oxygen atoms in total. The van der Waals surface area contributed by atoms with Crippen LogP contribution in [0.1, 0.15) is 69.4 Å². The van der Waals surface area contributed by atoms with Crippen LogP contribution in [0.5, 0.6) is 0 Å². The van der Waals surface area contributed by atoms with Crippen LogP contribution in [0.4, 0.5) is 0 Å². The first kappa shape index (κ1) is 17.9. The van der Waals surface area contributed by atoms with Gasteiger partial charge in [-0.05, 0) is 74.1 Å². The first-order valence-electron chi connectivity index (χ1n) is 9.73. The van der Waals surface area contributed by atoms with Crippen LogP contribution in [-0.4, -0.2) is 25.8 Å². The topological polar surface area (TPSA) is 37.4 Å². The molecule has 134 valence electrons. The highest BCUT2D eigenvalue weighted by molar-refractivity contribution is 7.89. The fraction of sp³-hybridized carbons (Fsp3) is 0.700. The normalized spacial score (nSPS) is 19.4. The molecule has 1 saturated carbocycles. The second-order valence-electron chi connectivity index (χ2n) is 7.50. The van der Waals surface area contributed by atoms with E-state index in [9.17, 15) is 8.42 Å². The Bertz CT molecular complexity index is 648. The predicted molar refractivity (Wildman–Crippen MR) is 98.7 cm³/mol. The van der Waals surface area contributed by atoms with E-state index in [4.69, 9.17) is 0 Å². The Labute approximate surface area is 147 Å². The number of nitrogens with zero attached hydrogens (tertiary/aromatic N) is 1. The molecule has 1 fully saturated rings. The van der Waals surface area contributed by atoms with Crippen LogP contribution in [0.2, 0.25) is 0 Å². The number of aryl methyl sites for hydroxylation is 2. The quantitative estimate of drug-likeness (QED) is 0.756. The monoisotopic (exact) mass is 349 g/mol. The molecular formula is C20H31NO2S. The largest absolute Gasteiger partial charge is 0.243 e. The molecule has 0 atom stereocenters. The standard InChI is InChI=1S/C20H31NO2S/c1-2-14-21(16-17-8-4-3-5-9-17)24(22,23)20-13-12-18-10-6-7-11-19(18)15-20/h12-13,15,17H,2-11,14,16H2,1H3. The molecule has 2 aliphatic rings. The minimum Gasteiger partial charge on any atom is -0.207 e. The number of hydrogen-bond donors (Lipinski definition) is 0. The Kier molecular flexibility index (Phi) is 5.98. The number of rotatable bonds is 6. The zero-order valence-electron chi connectivity index (χ0n) is 15.0. The summed E-state index contributed by atoms with van der Waals surface area (Å²) in [6, 6.07) is 5.84. The Morgan fingerprint density at radius 3 is 2.42 bits per heavy atom. The molecule has 0 aliphatic heterocycles. The smallest absolute Gasteiger partial charge is 0.207 e. The van der Waals surface area contributed by atoms with Crippen LogP contribution < -0.4 is 0 Å². The van der Waals surface area contributed by atoms with E-state index in [1.165, 1.54) is 56.1 Å². The SMILES string of the molecule is CCCN(CC1CCCCC1)S(=O)(=O)c1ccc2c(c1)CCCC2. The van der Waals surface area contributed by atoms with Crippen molar-refractivity contribution in [1.82, 2.24) is 4.31 Å². The van der Waals surface area contributed by atoms with Gasteiger partial charge in [0.05, 0.1) is 4.90 Å². The summed E-state index contributed by atoms with van der Waals surface area (Å²) in [7, 11) is -3.36. The average molecular weight is 350 g/mol. The van der Waals surface area contributed by atoms with Crippen molar-refractivity contribution >= 4 is 10.0 Å². The van der Waals surface area contributed by atoms with Crippen LogP contribution in [0.3, 0.4) is 0 Å². The fourth-order valence-corrected chi connectivity index (χ4v) is 5.90. The second-order valence-corrected chi connectivity index (χ2v) is 9.44. The number of benzene rings is 1. The molecule has 0 bridgehead atoms. The fourth-order valence-electron chi connectivity index (χ4n) is 4.24. The van der Waals surface area contributed by atoms with Crippen LogP contribution in [0, 0.1) is 5.92 Å². The highest BCUT2D eigenvalue weighted by atomic mass is 32.2. The average Bonchev–Trinajstić information content (AvgIpc) is 2.62. The van der Waals surface area contributed by atoms with Gasteiger partial charge < -0.3 is 0 Å². The van der Waals surface area contributed by atoms with E-state index in [2.05, 4.69) is 6.92 Å². The Hall–Kier alpha value is -0.870. The first-order chi connectivity index (χ1) is 11.6. The van der Waals surface area contributed by atoms with Crippen molar-refractivity contribution in [3.8, 4) is 0 Å². The van der Waals surface area contributed by atoms with Gasteiger partial charge in [0.1, 0.15) is 0 Å². The van der Waals surface area contributed by atoms with E-state index in [1.54, 1.807) is 4.31 Å². The maximum atomic E-state index is 13.2. The van der Waals surface area contributed by atoms with Gasteiger partial charge in [0.15, 0.2) is 0 Å². The van der Waals surface area contributed by atoms with Gasteiger partial charge in [0.2, 0.25) is 10.0 Å². The van der Waals surface area contributed by atoms with E-state index in [1.807, 2.05) is 18.2 Å². The molecule has 3 rings (SSSR count). The summed E-state index contributed by atoms with van der Waals surface area (Å²) < 4.78 is 28.2. The van der Waals surface area contributed by atoms with Crippen LogP contribution >= 0.6 is 0 Å². The molecule has 0 radical (unpaired) electrons. The maximum absolute atomic E-state index is 13.2. The van der Waals surface area contributed by atoms with E-state index in [0.717, 1.165) is 19.3 Å². The lowest BCUT2D eigenvalue weighted by molar-refractivity contribution is 0.279. The van der Waals surface area contributed by atoms with Gasteiger partial charge in [-0.2, -0.15) is 4.31 Å². The summed E-state index contributed by atoms with van der Waals surface area (Å²) >= 11 is 0. The maximum Gasteiger partial charge on any atom is 0.243 e. The van der Waals surface area contributed by atoms with Crippen molar-refractivity contribution in [2.24, 2.45) is 5.92 Å². The van der Waals surface area contributed by atoms with E-state index >= 15 is 0 Å². The van der Waals surface area contributed by atoms with Gasteiger partial charge in [0, 0.05) is 13.1 Å². The minimum absolute atomic E-state index is 0.507. The summed E-state index contributed by atoms with van der Waals surface area (Å²) in [5.41, 5.74) is 2.59. The van der Waals surface area contributed by atoms with Gasteiger partial charge in [-0.25, -0.2) is 8.42 Å². The van der Waals surface area contributed by atoms with Gasteiger partial charge in [0.25, 0.3) is 0 Å². The summed E-state index contributed by atoms with van der Waals surface area (Å²) in [6.45, 7) is 3.40. The van der Waals surface area contributed by atoms with Crippen LogP contribution in [0.25, 0.3) is 0 Å². The van der Waals surface area contributed by atoms with Crippen LogP contribution in [0.15, 0.2) is 23.1 Å². The molecule has 2 aliphatic carbocycles. The third kappa shape index (κ3) is 4.02. The van der Waals surface area contributed by atoms with Gasteiger partial charge in [-0.3, -0.25) is 0 Å². The first-order valence-corrected chi connectivity index (χ1v) is 11.2. The second kappa shape index (κ2) is 8.01. The molecule has 1 aromatic carbocycles. The Balaban J connectivity index is 1.82. The molecular weight excluding hydrogens is 318 g/mol. The Morgan fingerprint density at radius 1 is 1.00 bits per heavy atom. The summed E-state index contributed by atoms with van der Waals surface area (Å²) in [6.07, 6.45) is 11.6. The van der Waals surface area contributed by atoms with Crippen molar-refractivity contribution in [3.05, 3.63) is 29.3 Å². The third-order valence-electron chi connectivity index (χ3n) is 5.62. The van der Waals surface area contributed by atoms with Gasteiger partial charge >= 0.3 is 0 Å². The molecule has 0 N–H and O–H groups in total.